The minimum absolute atomic E-state index is 0.294. The third kappa shape index (κ3) is 2.80. The predicted molar refractivity (Wildman–Crippen MR) is 99.9 cm³/mol. The van der Waals surface area contributed by atoms with Crippen LogP contribution in [0.4, 0.5) is 5.69 Å². The maximum atomic E-state index is 5.61. The molecule has 0 N–H and O–H groups in total. The van der Waals surface area contributed by atoms with Crippen molar-refractivity contribution in [3.8, 4) is 23.0 Å². The summed E-state index contributed by atoms with van der Waals surface area (Å²) in [6.45, 7) is 1.10. The van der Waals surface area contributed by atoms with Gasteiger partial charge in [0.2, 0.25) is 6.79 Å². The Hall–Kier alpha value is -2.34. The number of benzene rings is 2. The van der Waals surface area contributed by atoms with E-state index in [0.717, 1.165) is 40.2 Å². The van der Waals surface area contributed by atoms with Crippen LogP contribution in [0.3, 0.4) is 0 Å². The van der Waals surface area contributed by atoms with E-state index in [9.17, 15) is 0 Å². The first-order valence-electron chi connectivity index (χ1n) is 7.99. The molecule has 4 rings (SSSR count). The standard InChI is InChI=1S/C19H18BrNO4/c1-22-15-4-3-14(20)18(19(15)23-2)21-7-5-12-9-16-17(25-11-24-16)10-13(12)6-8-21/h3-5,7,9-10H,6,8,11H2,1-2H3. The van der Waals surface area contributed by atoms with Crippen molar-refractivity contribution < 1.29 is 18.9 Å². The fourth-order valence-corrected chi connectivity index (χ4v) is 3.74. The molecule has 2 heterocycles. The van der Waals surface area contributed by atoms with Crippen LogP contribution in [0, 0.1) is 0 Å². The van der Waals surface area contributed by atoms with Crippen molar-refractivity contribution in [3.05, 3.63) is 46.1 Å². The average molecular weight is 404 g/mol. The fourth-order valence-electron chi connectivity index (χ4n) is 3.20. The molecule has 2 aromatic carbocycles. The van der Waals surface area contributed by atoms with Crippen molar-refractivity contribution in [1.29, 1.82) is 0 Å². The Bertz CT molecular complexity index is 850. The number of rotatable bonds is 3. The number of nitrogens with zero attached hydrogens (tertiary/aromatic N) is 1. The van der Waals surface area contributed by atoms with Crippen molar-refractivity contribution in [2.75, 3.05) is 32.5 Å². The van der Waals surface area contributed by atoms with E-state index in [0.29, 0.717) is 18.3 Å². The van der Waals surface area contributed by atoms with Crippen molar-refractivity contribution in [2.45, 2.75) is 6.42 Å². The zero-order valence-corrected chi connectivity index (χ0v) is 15.6. The Morgan fingerprint density at radius 1 is 1.08 bits per heavy atom. The van der Waals surface area contributed by atoms with Crippen molar-refractivity contribution >= 4 is 27.7 Å². The van der Waals surface area contributed by atoms with Crippen LogP contribution < -0.4 is 23.8 Å². The molecule has 0 amide bonds. The second-order valence-electron chi connectivity index (χ2n) is 5.79. The summed E-state index contributed by atoms with van der Waals surface area (Å²) in [5.74, 6) is 3.04. The molecule has 0 saturated carbocycles. The predicted octanol–water partition coefficient (Wildman–Crippen LogP) is 4.23. The monoisotopic (exact) mass is 403 g/mol. The smallest absolute Gasteiger partial charge is 0.231 e. The Morgan fingerprint density at radius 3 is 2.64 bits per heavy atom. The first-order chi connectivity index (χ1) is 12.2. The van der Waals surface area contributed by atoms with Gasteiger partial charge in [-0.1, -0.05) is 0 Å². The Labute approximate surface area is 154 Å². The van der Waals surface area contributed by atoms with Crippen molar-refractivity contribution in [1.82, 2.24) is 0 Å². The van der Waals surface area contributed by atoms with E-state index in [2.05, 4.69) is 39.2 Å². The summed E-state index contributed by atoms with van der Waals surface area (Å²) in [4.78, 5) is 2.16. The largest absolute Gasteiger partial charge is 0.493 e. The SMILES string of the molecule is COc1ccc(Br)c(N2C=Cc3cc4c(cc3CC2)OCO4)c1OC. The number of anilines is 1. The van der Waals surface area contributed by atoms with Gasteiger partial charge in [-0.15, -0.1) is 0 Å². The van der Waals surface area contributed by atoms with Crippen LogP contribution in [-0.2, 0) is 6.42 Å². The molecule has 25 heavy (non-hydrogen) atoms. The lowest BCUT2D eigenvalue weighted by Gasteiger charge is -2.24. The number of halogens is 1. The summed E-state index contributed by atoms with van der Waals surface area (Å²) in [5, 5.41) is 0. The van der Waals surface area contributed by atoms with E-state index in [1.54, 1.807) is 14.2 Å². The topological polar surface area (TPSA) is 40.2 Å². The van der Waals surface area contributed by atoms with Gasteiger partial charge in [0.05, 0.1) is 14.2 Å². The van der Waals surface area contributed by atoms with Crippen molar-refractivity contribution in [2.24, 2.45) is 0 Å². The molecule has 0 unspecified atom stereocenters. The van der Waals surface area contributed by atoms with Crippen LogP contribution in [0.15, 0.2) is 34.9 Å². The van der Waals surface area contributed by atoms with Gasteiger partial charge >= 0.3 is 0 Å². The third-order valence-corrected chi connectivity index (χ3v) is 5.09. The summed E-state index contributed by atoms with van der Waals surface area (Å²) in [6, 6.07) is 7.97. The molecule has 0 fully saturated rings. The molecule has 0 aliphatic carbocycles. The quantitative estimate of drug-likeness (QED) is 0.766. The number of methoxy groups -OCH3 is 2. The van der Waals surface area contributed by atoms with Crippen LogP contribution in [-0.4, -0.2) is 27.6 Å². The molecule has 0 aromatic heterocycles. The summed E-state index contributed by atoms with van der Waals surface area (Å²) < 4.78 is 23.0. The molecule has 0 atom stereocenters. The van der Waals surface area contributed by atoms with Crippen LogP contribution in [0.5, 0.6) is 23.0 Å². The Kier molecular flexibility index (Phi) is 4.21. The van der Waals surface area contributed by atoms with E-state index < -0.39 is 0 Å². The summed E-state index contributed by atoms with van der Waals surface area (Å²) >= 11 is 3.64. The van der Waals surface area contributed by atoms with Gasteiger partial charge in [-0.05, 0) is 63.8 Å². The molecule has 0 saturated heterocycles. The van der Waals surface area contributed by atoms with Gasteiger partial charge in [0.25, 0.3) is 0 Å². The first-order valence-corrected chi connectivity index (χ1v) is 8.78. The summed E-state index contributed by atoms with van der Waals surface area (Å²) in [7, 11) is 3.30. The van der Waals surface area contributed by atoms with Gasteiger partial charge in [-0.25, -0.2) is 0 Å². The highest BCUT2D eigenvalue weighted by atomic mass is 79.9. The number of hydrogen-bond donors (Lipinski definition) is 0. The van der Waals surface area contributed by atoms with E-state index >= 15 is 0 Å². The lowest BCUT2D eigenvalue weighted by molar-refractivity contribution is 0.174. The van der Waals surface area contributed by atoms with E-state index in [4.69, 9.17) is 18.9 Å². The van der Waals surface area contributed by atoms with Crippen LogP contribution in [0.25, 0.3) is 6.08 Å². The van der Waals surface area contributed by atoms with Gasteiger partial charge < -0.3 is 23.8 Å². The molecule has 5 nitrogen and oxygen atoms in total. The summed E-state index contributed by atoms with van der Waals surface area (Å²) in [6.07, 6.45) is 5.04. The maximum Gasteiger partial charge on any atom is 0.231 e. The van der Waals surface area contributed by atoms with Gasteiger partial charge in [0.15, 0.2) is 23.0 Å². The first kappa shape index (κ1) is 16.1. The second kappa shape index (κ2) is 6.52. The van der Waals surface area contributed by atoms with E-state index in [1.807, 2.05) is 18.2 Å². The minimum Gasteiger partial charge on any atom is -0.493 e. The van der Waals surface area contributed by atoms with Gasteiger partial charge in [0.1, 0.15) is 5.69 Å². The van der Waals surface area contributed by atoms with Gasteiger partial charge in [0, 0.05) is 17.2 Å². The maximum absolute atomic E-state index is 5.61. The van der Waals surface area contributed by atoms with Gasteiger partial charge in [-0.2, -0.15) is 0 Å². The van der Waals surface area contributed by atoms with Crippen LogP contribution in [0.1, 0.15) is 11.1 Å². The zero-order valence-electron chi connectivity index (χ0n) is 14.0. The molecule has 2 aliphatic rings. The highest BCUT2D eigenvalue weighted by Crippen LogP contribution is 2.44. The molecule has 2 aromatic rings. The zero-order chi connectivity index (χ0) is 17.4. The molecular weight excluding hydrogens is 386 g/mol. The lowest BCUT2D eigenvalue weighted by atomic mass is 10.0. The highest BCUT2D eigenvalue weighted by molar-refractivity contribution is 9.10. The molecule has 6 heteroatoms. The van der Waals surface area contributed by atoms with Crippen molar-refractivity contribution in [3.63, 3.8) is 0 Å². The number of ether oxygens (including phenoxy) is 4. The van der Waals surface area contributed by atoms with Gasteiger partial charge in [-0.3, -0.25) is 0 Å². The number of fused-ring (bicyclic) bond motifs is 2. The molecule has 2 aliphatic heterocycles. The van der Waals surface area contributed by atoms with E-state index in [-0.39, 0.29) is 0 Å². The molecule has 0 radical (unpaired) electrons. The molecule has 0 spiro atoms. The fraction of sp³-hybridized carbons (Fsp3) is 0.263. The van der Waals surface area contributed by atoms with Crippen LogP contribution in [0.2, 0.25) is 0 Å². The van der Waals surface area contributed by atoms with E-state index in [1.165, 1.54) is 5.56 Å². The molecule has 0 bridgehead atoms. The average Bonchev–Trinajstić information content (AvgIpc) is 2.99. The second-order valence-corrected chi connectivity index (χ2v) is 6.65. The Morgan fingerprint density at radius 2 is 1.88 bits per heavy atom. The number of hydrogen-bond acceptors (Lipinski definition) is 5. The summed E-state index contributed by atoms with van der Waals surface area (Å²) in [5.41, 5.74) is 3.33. The molecule has 130 valence electrons. The van der Waals surface area contributed by atoms with Crippen LogP contribution >= 0.6 is 15.9 Å². The minimum atomic E-state index is 0.294. The third-order valence-electron chi connectivity index (χ3n) is 4.45. The lowest BCUT2D eigenvalue weighted by Crippen LogP contribution is -2.19. The highest BCUT2D eigenvalue weighted by Gasteiger charge is 2.22. The normalized spacial score (nSPS) is 14.9. The molecular formula is C19H18BrNO4. The Balaban J connectivity index is 1.73.